The Hall–Kier alpha value is -0.110. The average Bonchev–Trinajstić information content (AvgIpc) is 2.65. The first kappa shape index (κ1) is 8.49. The summed E-state index contributed by atoms with van der Waals surface area (Å²) in [6, 6.07) is 0. The lowest BCUT2D eigenvalue weighted by Gasteiger charge is -2.15. The number of nitrogens with one attached hydrogen (secondary N) is 1. The molecule has 0 bridgehead atoms. The summed E-state index contributed by atoms with van der Waals surface area (Å²) >= 11 is 0. The Morgan fingerprint density at radius 2 is 1.92 bits per heavy atom. The van der Waals surface area contributed by atoms with Crippen LogP contribution in [0.3, 0.4) is 0 Å². The fraction of sp³-hybridized carbons (Fsp3) is 1.00. The molecule has 1 heterocycles. The largest absolute Gasteiger partial charge is 0.313 e. The van der Waals surface area contributed by atoms with E-state index in [0.717, 1.165) is 18.9 Å². The van der Waals surface area contributed by atoms with Crippen LogP contribution in [-0.2, 0) is 0 Å². The Bertz CT molecular complexity index is 143. The lowest BCUT2D eigenvalue weighted by Crippen LogP contribution is -2.16. The van der Waals surface area contributed by atoms with E-state index in [-0.39, 0.29) is 0 Å². The number of halogens is 1. The van der Waals surface area contributed by atoms with E-state index in [1.54, 1.807) is 0 Å². The van der Waals surface area contributed by atoms with Crippen molar-refractivity contribution in [1.82, 2.24) is 5.32 Å². The van der Waals surface area contributed by atoms with E-state index in [1.807, 2.05) is 0 Å². The van der Waals surface area contributed by atoms with Gasteiger partial charge in [-0.2, -0.15) is 0 Å². The highest BCUT2D eigenvalue weighted by atomic mass is 19.1. The van der Waals surface area contributed by atoms with Crippen LogP contribution in [0.25, 0.3) is 0 Å². The standard InChI is InChI=1S/C10H18FN/c11-10-7-12-6-9(10)5-8-3-1-2-4-8/h8-10,12H,1-7H2. The second-order valence-electron chi connectivity index (χ2n) is 4.32. The number of hydrogen-bond acceptors (Lipinski definition) is 1. The summed E-state index contributed by atoms with van der Waals surface area (Å²) in [4.78, 5) is 0. The fourth-order valence-electron chi connectivity index (χ4n) is 2.61. The highest BCUT2D eigenvalue weighted by molar-refractivity contribution is 4.83. The first-order valence-corrected chi connectivity index (χ1v) is 5.21. The third kappa shape index (κ3) is 1.79. The highest BCUT2D eigenvalue weighted by Gasteiger charge is 2.29. The Labute approximate surface area is 73.7 Å². The molecular formula is C10H18FN. The third-order valence-electron chi connectivity index (χ3n) is 3.37. The zero-order valence-electron chi connectivity index (χ0n) is 7.56. The minimum Gasteiger partial charge on any atom is -0.313 e. The summed E-state index contributed by atoms with van der Waals surface area (Å²) in [6.07, 6.45) is 6.02. The van der Waals surface area contributed by atoms with Gasteiger partial charge in [0.1, 0.15) is 6.17 Å². The van der Waals surface area contributed by atoms with Crippen molar-refractivity contribution in [3.63, 3.8) is 0 Å². The maximum absolute atomic E-state index is 13.2. The first-order valence-electron chi connectivity index (χ1n) is 5.21. The van der Waals surface area contributed by atoms with E-state index < -0.39 is 6.17 Å². The molecule has 2 atom stereocenters. The van der Waals surface area contributed by atoms with Crippen molar-refractivity contribution in [3.8, 4) is 0 Å². The maximum atomic E-state index is 13.2. The van der Waals surface area contributed by atoms with Crippen LogP contribution in [0.2, 0.25) is 0 Å². The Kier molecular flexibility index (Phi) is 2.64. The highest BCUT2D eigenvalue weighted by Crippen LogP contribution is 2.32. The van der Waals surface area contributed by atoms with Gasteiger partial charge in [0.2, 0.25) is 0 Å². The van der Waals surface area contributed by atoms with Crippen molar-refractivity contribution < 1.29 is 4.39 Å². The Balaban J connectivity index is 1.77. The van der Waals surface area contributed by atoms with Gasteiger partial charge in [0.05, 0.1) is 0 Å². The van der Waals surface area contributed by atoms with Gasteiger partial charge in [-0.05, 0) is 12.3 Å². The summed E-state index contributed by atoms with van der Waals surface area (Å²) in [7, 11) is 0. The van der Waals surface area contributed by atoms with Crippen LogP contribution >= 0.6 is 0 Å². The summed E-state index contributed by atoms with van der Waals surface area (Å²) in [5.74, 6) is 1.17. The van der Waals surface area contributed by atoms with E-state index in [4.69, 9.17) is 0 Å². The molecular weight excluding hydrogens is 153 g/mol. The van der Waals surface area contributed by atoms with Crippen LogP contribution in [0.5, 0.6) is 0 Å². The first-order chi connectivity index (χ1) is 5.86. The molecule has 1 aliphatic carbocycles. The maximum Gasteiger partial charge on any atom is 0.116 e. The SMILES string of the molecule is FC1CNCC1CC1CCCC1. The van der Waals surface area contributed by atoms with E-state index >= 15 is 0 Å². The molecule has 2 aliphatic rings. The second-order valence-corrected chi connectivity index (χ2v) is 4.32. The zero-order valence-corrected chi connectivity index (χ0v) is 7.56. The van der Waals surface area contributed by atoms with Gasteiger partial charge in [0, 0.05) is 19.0 Å². The summed E-state index contributed by atoms with van der Waals surface area (Å²) in [6.45, 7) is 1.51. The zero-order chi connectivity index (χ0) is 8.39. The molecule has 2 fully saturated rings. The normalized spacial score (nSPS) is 37.8. The van der Waals surface area contributed by atoms with Crippen molar-refractivity contribution in [3.05, 3.63) is 0 Å². The van der Waals surface area contributed by atoms with Gasteiger partial charge in [0.25, 0.3) is 0 Å². The fourth-order valence-corrected chi connectivity index (χ4v) is 2.61. The van der Waals surface area contributed by atoms with Gasteiger partial charge in [0.15, 0.2) is 0 Å². The molecule has 0 aromatic rings. The molecule has 0 radical (unpaired) electrons. The van der Waals surface area contributed by atoms with Crippen molar-refractivity contribution in [2.45, 2.75) is 38.3 Å². The van der Waals surface area contributed by atoms with Gasteiger partial charge < -0.3 is 5.32 Å². The molecule has 1 nitrogen and oxygen atoms in total. The minimum absolute atomic E-state index is 0.327. The Morgan fingerprint density at radius 3 is 2.50 bits per heavy atom. The Morgan fingerprint density at radius 1 is 1.17 bits per heavy atom. The molecule has 0 spiro atoms. The molecule has 2 rings (SSSR count). The topological polar surface area (TPSA) is 12.0 Å². The lowest BCUT2D eigenvalue weighted by atomic mass is 9.92. The molecule has 1 saturated carbocycles. The molecule has 2 unspecified atom stereocenters. The van der Waals surface area contributed by atoms with Crippen LogP contribution in [-0.4, -0.2) is 19.3 Å². The number of alkyl halides is 1. The molecule has 0 aromatic heterocycles. The molecule has 0 aromatic carbocycles. The number of rotatable bonds is 2. The molecule has 0 amide bonds. The van der Waals surface area contributed by atoms with Gasteiger partial charge in [-0.25, -0.2) is 4.39 Å². The van der Waals surface area contributed by atoms with E-state index in [9.17, 15) is 4.39 Å². The molecule has 1 N–H and O–H groups in total. The lowest BCUT2D eigenvalue weighted by molar-refractivity contribution is 0.245. The molecule has 70 valence electrons. The average molecular weight is 171 g/mol. The summed E-state index contributed by atoms with van der Waals surface area (Å²) in [5, 5.41) is 3.12. The van der Waals surface area contributed by atoms with Crippen LogP contribution in [0.15, 0.2) is 0 Å². The molecule has 12 heavy (non-hydrogen) atoms. The molecule has 2 heteroatoms. The van der Waals surface area contributed by atoms with Crippen LogP contribution < -0.4 is 5.32 Å². The van der Waals surface area contributed by atoms with Crippen molar-refractivity contribution in [2.24, 2.45) is 11.8 Å². The molecule has 1 saturated heterocycles. The van der Waals surface area contributed by atoms with E-state index in [2.05, 4.69) is 5.32 Å². The van der Waals surface area contributed by atoms with Crippen LogP contribution in [0, 0.1) is 11.8 Å². The van der Waals surface area contributed by atoms with Gasteiger partial charge in [-0.15, -0.1) is 0 Å². The van der Waals surface area contributed by atoms with E-state index in [1.165, 1.54) is 25.7 Å². The van der Waals surface area contributed by atoms with Gasteiger partial charge in [-0.3, -0.25) is 0 Å². The quantitative estimate of drug-likeness (QED) is 0.671. The van der Waals surface area contributed by atoms with E-state index in [0.29, 0.717) is 12.5 Å². The van der Waals surface area contributed by atoms with Crippen LogP contribution in [0.1, 0.15) is 32.1 Å². The third-order valence-corrected chi connectivity index (χ3v) is 3.37. The smallest absolute Gasteiger partial charge is 0.116 e. The van der Waals surface area contributed by atoms with Crippen molar-refractivity contribution in [1.29, 1.82) is 0 Å². The second kappa shape index (κ2) is 3.73. The predicted octanol–water partition coefficient (Wildman–Crippen LogP) is 2.12. The minimum atomic E-state index is -0.564. The summed E-state index contributed by atoms with van der Waals surface area (Å²) < 4.78 is 13.2. The predicted molar refractivity (Wildman–Crippen MR) is 47.8 cm³/mol. The van der Waals surface area contributed by atoms with Crippen molar-refractivity contribution in [2.75, 3.05) is 13.1 Å². The van der Waals surface area contributed by atoms with Gasteiger partial charge >= 0.3 is 0 Å². The molecule has 1 aliphatic heterocycles. The monoisotopic (exact) mass is 171 g/mol. The number of hydrogen-bond donors (Lipinski definition) is 1. The van der Waals surface area contributed by atoms with Crippen molar-refractivity contribution >= 4 is 0 Å². The van der Waals surface area contributed by atoms with Crippen LogP contribution in [0.4, 0.5) is 4.39 Å². The summed E-state index contributed by atoms with van der Waals surface area (Å²) in [5.41, 5.74) is 0. The van der Waals surface area contributed by atoms with Gasteiger partial charge in [-0.1, -0.05) is 25.7 Å².